The van der Waals surface area contributed by atoms with Crippen molar-refractivity contribution in [1.82, 2.24) is 0 Å². The summed E-state index contributed by atoms with van der Waals surface area (Å²) in [6.45, 7) is 4.43. The van der Waals surface area contributed by atoms with E-state index in [0.29, 0.717) is 0 Å². The monoisotopic (exact) mass is 296 g/mol. The first-order valence-corrected chi connectivity index (χ1v) is 8.91. The lowest BCUT2D eigenvalue weighted by molar-refractivity contribution is 0.0780. The Morgan fingerprint density at radius 2 is 1.95 bits per heavy atom. The fourth-order valence-corrected chi connectivity index (χ4v) is 3.79. The van der Waals surface area contributed by atoms with Crippen molar-refractivity contribution >= 4 is 5.57 Å². The zero-order valence-electron chi connectivity index (χ0n) is 14.0. The van der Waals surface area contributed by atoms with Gasteiger partial charge in [0.2, 0.25) is 0 Å². The van der Waals surface area contributed by atoms with E-state index in [1.165, 1.54) is 47.1 Å². The molecule has 1 aromatic rings. The van der Waals surface area contributed by atoms with Gasteiger partial charge in [0.25, 0.3) is 0 Å². The van der Waals surface area contributed by atoms with Crippen LogP contribution in [0.2, 0.25) is 0 Å². The van der Waals surface area contributed by atoms with Crippen LogP contribution in [0.5, 0.6) is 0 Å². The predicted octanol–water partition coefficient (Wildman–Crippen LogP) is 5.22. The highest BCUT2D eigenvalue weighted by atomic mass is 16.3. The third-order valence-corrected chi connectivity index (χ3v) is 5.11. The fourth-order valence-electron chi connectivity index (χ4n) is 3.79. The molecule has 1 unspecified atom stereocenters. The van der Waals surface area contributed by atoms with Gasteiger partial charge in [0.1, 0.15) is 0 Å². The van der Waals surface area contributed by atoms with Crippen LogP contribution in [0.15, 0.2) is 35.9 Å². The molecular formula is C21H28O. The van der Waals surface area contributed by atoms with Crippen LogP contribution in [0.1, 0.15) is 69.1 Å². The van der Waals surface area contributed by atoms with Crippen LogP contribution >= 0.6 is 0 Å². The summed E-state index contributed by atoms with van der Waals surface area (Å²) in [6.07, 6.45) is 12.9. The van der Waals surface area contributed by atoms with Crippen molar-refractivity contribution in [2.75, 3.05) is 0 Å². The minimum Gasteiger partial charge on any atom is -0.385 e. The molecule has 0 spiro atoms. The van der Waals surface area contributed by atoms with Crippen molar-refractivity contribution in [2.45, 2.75) is 70.8 Å². The lowest BCUT2D eigenvalue weighted by Gasteiger charge is -2.28. The number of hydrogen-bond acceptors (Lipinski definition) is 1. The molecule has 118 valence electrons. The van der Waals surface area contributed by atoms with Crippen molar-refractivity contribution < 1.29 is 5.11 Å². The van der Waals surface area contributed by atoms with Crippen LogP contribution in [0.4, 0.5) is 0 Å². The normalized spacial score (nSPS) is 22.9. The van der Waals surface area contributed by atoms with E-state index in [1.54, 1.807) is 0 Å². The topological polar surface area (TPSA) is 20.2 Å². The number of unbranched alkanes of at least 4 members (excludes halogenated alkanes) is 2. The van der Waals surface area contributed by atoms with E-state index in [-0.39, 0.29) is 0 Å². The molecule has 0 amide bonds. The standard InChI is InChI=1S/C21H28O/c1-3-5-7-16-8-9-19-17(13-16)14-18-15-21(22,11-6-4-2)12-10-20(18)19/h8-10,12-13,22H,3-7,11,14-15H2,1-2H3. The maximum absolute atomic E-state index is 10.8. The molecule has 1 N–H and O–H groups in total. The summed E-state index contributed by atoms with van der Waals surface area (Å²) >= 11 is 0. The van der Waals surface area contributed by atoms with Gasteiger partial charge in [-0.15, -0.1) is 0 Å². The molecule has 2 aliphatic carbocycles. The third kappa shape index (κ3) is 3.05. The number of hydrogen-bond donors (Lipinski definition) is 1. The molecule has 0 radical (unpaired) electrons. The minimum absolute atomic E-state index is 0.609. The largest absolute Gasteiger partial charge is 0.385 e. The highest BCUT2D eigenvalue weighted by Crippen LogP contribution is 2.42. The Balaban J connectivity index is 1.76. The van der Waals surface area contributed by atoms with E-state index in [2.05, 4.69) is 38.1 Å². The molecule has 0 saturated heterocycles. The summed E-state index contributed by atoms with van der Waals surface area (Å²) in [6, 6.07) is 6.97. The van der Waals surface area contributed by atoms with Crippen LogP contribution < -0.4 is 0 Å². The number of aliphatic hydroxyl groups is 1. The SMILES string of the molecule is CCCCc1ccc2c(c1)CC1=C2C=CC(O)(CCCC)C1. The zero-order valence-corrected chi connectivity index (χ0v) is 14.0. The van der Waals surface area contributed by atoms with Crippen LogP contribution in [0.25, 0.3) is 5.57 Å². The minimum atomic E-state index is -0.609. The van der Waals surface area contributed by atoms with E-state index in [9.17, 15) is 5.11 Å². The molecule has 0 fully saturated rings. The Morgan fingerprint density at radius 3 is 2.73 bits per heavy atom. The molecule has 22 heavy (non-hydrogen) atoms. The van der Waals surface area contributed by atoms with Crippen molar-refractivity contribution in [3.8, 4) is 0 Å². The smallest absolute Gasteiger partial charge is 0.0868 e. The second-order valence-corrected chi connectivity index (χ2v) is 7.01. The third-order valence-electron chi connectivity index (χ3n) is 5.11. The summed E-state index contributed by atoms with van der Waals surface area (Å²) in [5.74, 6) is 0. The number of rotatable bonds is 6. The van der Waals surface area contributed by atoms with Gasteiger partial charge in [0.05, 0.1) is 5.60 Å². The lowest BCUT2D eigenvalue weighted by Crippen LogP contribution is -2.28. The van der Waals surface area contributed by atoms with Gasteiger partial charge in [0, 0.05) is 6.42 Å². The van der Waals surface area contributed by atoms with Gasteiger partial charge in [-0.2, -0.15) is 0 Å². The maximum atomic E-state index is 10.8. The van der Waals surface area contributed by atoms with E-state index in [4.69, 9.17) is 0 Å². The predicted molar refractivity (Wildman–Crippen MR) is 93.9 cm³/mol. The Bertz CT molecular complexity index is 608. The van der Waals surface area contributed by atoms with Crippen LogP contribution in [0, 0.1) is 0 Å². The Kier molecular flexibility index (Phi) is 4.54. The highest BCUT2D eigenvalue weighted by Gasteiger charge is 2.32. The van der Waals surface area contributed by atoms with E-state index in [1.807, 2.05) is 6.08 Å². The van der Waals surface area contributed by atoms with Gasteiger partial charge in [-0.1, -0.05) is 69.0 Å². The quantitative estimate of drug-likeness (QED) is 0.763. The van der Waals surface area contributed by atoms with Gasteiger partial charge in [0.15, 0.2) is 0 Å². The second kappa shape index (κ2) is 6.42. The van der Waals surface area contributed by atoms with Gasteiger partial charge in [-0.3, -0.25) is 0 Å². The molecule has 1 aromatic carbocycles. The molecule has 3 rings (SSSR count). The van der Waals surface area contributed by atoms with Gasteiger partial charge in [-0.05, 0) is 47.9 Å². The Hall–Kier alpha value is -1.34. The first-order chi connectivity index (χ1) is 10.6. The molecule has 1 nitrogen and oxygen atoms in total. The molecule has 2 aliphatic rings. The summed E-state index contributed by atoms with van der Waals surface area (Å²) in [7, 11) is 0. The van der Waals surface area contributed by atoms with Gasteiger partial charge >= 0.3 is 0 Å². The first-order valence-electron chi connectivity index (χ1n) is 8.91. The molecular weight excluding hydrogens is 268 g/mol. The number of aryl methyl sites for hydroxylation is 1. The number of benzene rings is 1. The molecule has 0 heterocycles. The van der Waals surface area contributed by atoms with Crippen LogP contribution in [-0.2, 0) is 12.8 Å². The first kappa shape index (κ1) is 15.6. The van der Waals surface area contributed by atoms with Crippen molar-refractivity contribution in [1.29, 1.82) is 0 Å². The zero-order chi connectivity index (χ0) is 15.6. The van der Waals surface area contributed by atoms with Crippen molar-refractivity contribution in [3.63, 3.8) is 0 Å². The molecule has 0 bridgehead atoms. The molecule has 1 atom stereocenters. The highest BCUT2D eigenvalue weighted by molar-refractivity contribution is 5.84. The summed E-state index contributed by atoms with van der Waals surface area (Å²) < 4.78 is 0. The summed E-state index contributed by atoms with van der Waals surface area (Å²) in [5.41, 5.74) is 6.52. The van der Waals surface area contributed by atoms with Crippen LogP contribution in [-0.4, -0.2) is 10.7 Å². The van der Waals surface area contributed by atoms with E-state index in [0.717, 1.165) is 32.1 Å². The van der Waals surface area contributed by atoms with Gasteiger partial charge < -0.3 is 5.11 Å². The summed E-state index contributed by atoms with van der Waals surface area (Å²) in [4.78, 5) is 0. The van der Waals surface area contributed by atoms with Crippen molar-refractivity contribution in [3.05, 3.63) is 52.6 Å². The number of allylic oxidation sites excluding steroid dienone is 2. The van der Waals surface area contributed by atoms with Crippen LogP contribution in [0.3, 0.4) is 0 Å². The Labute approximate surface area is 134 Å². The molecule has 1 heteroatoms. The Morgan fingerprint density at radius 1 is 1.14 bits per heavy atom. The van der Waals surface area contributed by atoms with Crippen molar-refractivity contribution in [2.24, 2.45) is 0 Å². The fraction of sp³-hybridized carbons (Fsp3) is 0.524. The molecule has 0 aromatic heterocycles. The maximum Gasteiger partial charge on any atom is 0.0868 e. The number of fused-ring (bicyclic) bond motifs is 2. The lowest BCUT2D eigenvalue weighted by atomic mass is 9.83. The molecule has 0 saturated carbocycles. The average molecular weight is 296 g/mol. The van der Waals surface area contributed by atoms with E-state index >= 15 is 0 Å². The second-order valence-electron chi connectivity index (χ2n) is 7.01. The average Bonchev–Trinajstić information content (AvgIpc) is 2.87. The molecule has 0 aliphatic heterocycles. The summed E-state index contributed by atoms with van der Waals surface area (Å²) in [5, 5.41) is 10.8. The van der Waals surface area contributed by atoms with Gasteiger partial charge in [-0.25, -0.2) is 0 Å². The van der Waals surface area contributed by atoms with E-state index < -0.39 is 5.60 Å².